The van der Waals surface area contributed by atoms with E-state index in [1.54, 1.807) is 31.2 Å². The van der Waals surface area contributed by atoms with E-state index < -0.39 is 21.9 Å². The average Bonchev–Trinajstić information content (AvgIpc) is 3.12. The third-order valence-electron chi connectivity index (χ3n) is 4.61. The van der Waals surface area contributed by atoms with Crippen LogP contribution in [0.5, 0.6) is 11.5 Å². The van der Waals surface area contributed by atoms with Gasteiger partial charge in [0.2, 0.25) is 10.0 Å². The number of nitrogens with zero attached hydrogens (tertiary/aromatic N) is 2. The maximum Gasteiger partial charge on any atom is 0.326 e. The Morgan fingerprint density at radius 1 is 1.12 bits per heavy atom. The summed E-state index contributed by atoms with van der Waals surface area (Å²) in [7, 11) is -0.888. The number of carbonyl (C=O) groups excluding carboxylic acids is 2. The summed E-state index contributed by atoms with van der Waals surface area (Å²) < 4.78 is 40.9. The number of primary sulfonamides is 1. The summed E-state index contributed by atoms with van der Waals surface area (Å²) >= 11 is 1.05. The van der Waals surface area contributed by atoms with Crippen LogP contribution in [0.3, 0.4) is 0 Å². The van der Waals surface area contributed by atoms with E-state index in [2.05, 4.69) is 4.99 Å². The number of aromatic nitrogens is 1. The molecule has 3 rings (SSSR count). The molecule has 2 aromatic carbocycles. The van der Waals surface area contributed by atoms with Gasteiger partial charge >= 0.3 is 5.97 Å². The summed E-state index contributed by atoms with van der Waals surface area (Å²) in [4.78, 5) is 28.9. The van der Waals surface area contributed by atoms with Crippen molar-refractivity contribution in [2.45, 2.75) is 18.4 Å². The van der Waals surface area contributed by atoms with Crippen LogP contribution in [0.15, 0.2) is 52.4 Å². The first-order valence-electron chi connectivity index (χ1n) is 9.97. The molecule has 3 aromatic rings. The maximum absolute atomic E-state index is 12.6. The number of sulfonamides is 1. The molecule has 0 spiro atoms. The molecule has 0 atom stereocenters. The summed E-state index contributed by atoms with van der Waals surface area (Å²) in [6, 6.07) is 9.38. The lowest BCUT2D eigenvalue weighted by molar-refractivity contribution is -0.143. The molecule has 1 heterocycles. The van der Waals surface area contributed by atoms with E-state index in [1.807, 2.05) is 0 Å². The molecule has 180 valence electrons. The zero-order valence-electron chi connectivity index (χ0n) is 18.7. The second-order valence-electron chi connectivity index (χ2n) is 6.85. The fourth-order valence-electron chi connectivity index (χ4n) is 3.06. The Labute approximate surface area is 199 Å². The van der Waals surface area contributed by atoms with Crippen molar-refractivity contribution in [3.8, 4) is 11.5 Å². The van der Waals surface area contributed by atoms with Gasteiger partial charge in [0.15, 0.2) is 16.3 Å². The normalized spacial score (nSPS) is 12.3. The second kappa shape index (κ2) is 10.6. The Bertz CT molecular complexity index is 1440. The highest BCUT2D eigenvalue weighted by atomic mass is 32.2. The molecule has 0 bridgehead atoms. The number of nitrogens with two attached hydrogens (primary N) is 1. The van der Waals surface area contributed by atoms with Gasteiger partial charge < -0.3 is 18.8 Å². The van der Waals surface area contributed by atoms with Crippen molar-refractivity contribution in [1.29, 1.82) is 0 Å². The Hall–Kier alpha value is -3.48. The lowest BCUT2D eigenvalue weighted by Crippen LogP contribution is -2.22. The highest BCUT2D eigenvalue weighted by Gasteiger charge is 2.15. The first-order valence-corrected chi connectivity index (χ1v) is 12.3. The number of thiazole rings is 1. The van der Waals surface area contributed by atoms with E-state index in [-0.39, 0.29) is 22.8 Å². The minimum Gasteiger partial charge on any atom is -0.493 e. The van der Waals surface area contributed by atoms with Crippen LogP contribution in [0.1, 0.15) is 12.5 Å². The molecule has 1 amide bonds. The molecule has 1 aromatic heterocycles. The molecule has 0 aliphatic carbocycles. The van der Waals surface area contributed by atoms with Crippen molar-refractivity contribution < 1.29 is 32.2 Å². The third-order valence-corrected chi connectivity index (χ3v) is 6.56. The highest BCUT2D eigenvalue weighted by Crippen LogP contribution is 2.28. The van der Waals surface area contributed by atoms with Crippen LogP contribution in [-0.2, 0) is 30.9 Å². The minimum absolute atomic E-state index is 0.0873. The minimum atomic E-state index is -3.92. The lowest BCUT2D eigenvalue weighted by Gasteiger charge is -2.07. The number of fused-ring (bicyclic) bond motifs is 1. The van der Waals surface area contributed by atoms with Gasteiger partial charge in [0.05, 0.1) is 35.9 Å². The molecule has 10 nitrogen and oxygen atoms in total. The second-order valence-corrected chi connectivity index (χ2v) is 9.42. The number of rotatable bonds is 8. The molecule has 0 saturated heterocycles. The fourth-order valence-corrected chi connectivity index (χ4v) is 4.75. The predicted octanol–water partition coefficient (Wildman–Crippen LogP) is 2.07. The van der Waals surface area contributed by atoms with Crippen LogP contribution in [0, 0.1) is 0 Å². The number of esters is 1. The van der Waals surface area contributed by atoms with Crippen LogP contribution < -0.4 is 19.4 Å². The van der Waals surface area contributed by atoms with Crippen molar-refractivity contribution in [3.63, 3.8) is 0 Å². The number of ether oxygens (including phenoxy) is 3. The molecular formula is C22H23N3O7S2. The monoisotopic (exact) mass is 505 g/mol. The van der Waals surface area contributed by atoms with E-state index in [4.69, 9.17) is 19.3 Å². The van der Waals surface area contributed by atoms with Gasteiger partial charge in [-0.15, -0.1) is 0 Å². The predicted molar refractivity (Wildman–Crippen MR) is 127 cm³/mol. The number of amides is 1. The van der Waals surface area contributed by atoms with Crippen LogP contribution in [0.2, 0.25) is 0 Å². The number of benzene rings is 2. The SMILES string of the molecule is CCOC(=O)Cn1c(=NC(=O)/C=C\c2ccc(OC)c(OC)c2)sc2cc(S(N)(=O)=O)ccc21. The van der Waals surface area contributed by atoms with Crippen molar-refractivity contribution in [2.75, 3.05) is 20.8 Å². The van der Waals surface area contributed by atoms with E-state index in [1.165, 1.54) is 43.1 Å². The van der Waals surface area contributed by atoms with Crippen molar-refractivity contribution >= 4 is 49.5 Å². The fraction of sp³-hybridized carbons (Fsp3) is 0.227. The molecule has 0 unspecified atom stereocenters. The van der Waals surface area contributed by atoms with Crippen LogP contribution in [0.25, 0.3) is 16.3 Å². The molecule has 0 saturated carbocycles. The zero-order valence-corrected chi connectivity index (χ0v) is 20.3. The van der Waals surface area contributed by atoms with Gasteiger partial charge in [0, 0.05) is 6.08 Å². The molecule has 34 heavy (non-hydrogen) atoms. The Kier molecular flexibility index (Phi) is 7.87. The summed E-state index contributed by atoms with van der Waals surface area (Å²) in [6.07, 6.45) is 2.84. The quantitative estimate of drug-likeness (QED) is 0.365. The van der Waals surface area contributed by atoms with Gasteiger partial charge in [-0.25, -0.2) is 13.6 Å². The Morgan fingerprint density at radius 2 is 1.85 bits per heavy atom. The summed E-state index contributed by atoms with van der Waals surface area (Å²) in [5, 5.41) is 5.22. The van der Waals surface area contributed by atoms with Gasteiger partial charge in [-0.3, -0.25) is 9.59 Å². The van der Waals surface area contributed by atoms with Crippen LogP contribution in [-0.4, -0.2) is 45.7 Å². The number of carbonyl (C=O) groups is 2. The van der Waals surface area contributed by atoms with Crippen molar-refractivity contribution in [2.24, 2.45) is 10.1 Å². The standard InChI is InChI=1S/C22H23N3O7S2/c1-4-32-21(27)13-25-16-8-7-15(34(23,28)29)12-19(16)33-22(25)24-20(26)10-6-14-5-9-17(30-2)18(11-14)31-3/h5-12H,4,13H2,1-3H3,(H2,23,28,29)/b10-6-,24-22?. The first kappa shape index (κ1) is 25.1. The van der Waals surface area contributed by atoms with E-state index >= 15 is 0 Å². The van der Waals surface area contributed by atoms with Gasteiger partial charge in [-0.2, -0.15) is 4.99 Å². The van der Waals surface area contributed by atoms with E-state index in [9.17, 15) is 18.0 Å². The zero-order chi connectivity index (χ0) is 24.9. The van der Waals surface area contributed by atoms with Crippen molar-refractivity contribution in [1.82, 2.24) is 4.57 Å². The van der Waals surface area contributed by atoms with Gasteiger partial charge in [-0.05, 0) is 48.9 Å². The summed E-state index contributed by atoms with van der Waals surface area (Å²) in [5.74, 6) is -0.0330. The first-order chi connectivity index (χ1) is 16.2. The number of methoxy groups -OCH3 is 2. The van der Waals surface area contributed by atoms with E-state index in [0.29, 0.717) is 27.3 Å². The van der Waals surface area contributed by atoms with Gasteiger partial charge in [0.1, 0.15) is 6.54 Å². The topological polar surface area (TPSA) is 139 Å². The van der Waals surface area contributed by atoms with Crippen molar-refractivity contribution in [3.05, 3.63) is 52.8 Å². The number of hydrogen-bond donors (Lipinski definition) is 1. The molecule has 12 heteroatoms. The molecule has 0 aliphatic heterocycles. The van der Waals surface area contributed by atoms with Gasteiger partial charge in [-0.1, -0.05) is 17.4 Å². The maximum atomic E-state index is 12.6. The summed E-state index contributed by atoms with van der Waals surface area (Å²) in [6.45, 7) is 1.67. The molecule has 0 aliphatic rings. The van der Waals surface area contributed by atoms with Gasteiger partial charge in [0.25, 0.3) is 5.91 Å². The molecule has 0 fully saturated rings. The van der Waals surface area contributed by atoms with Crippen LogP contribution in [0.4, 0.5) is 0 Å². The molecule has 0 radical (unpaired) electrons. The highest BCUT2D eigenvalue weighted by molar-refractivity contribution is 7.89. The largest absolute Gasteiger partial charge is 0.493 e. The molecule has 2 N–H and O–H groups in total. The number of hydrogen-bond acceptors (Lipinski definition) is 8. The Balaban J connectivity index is 2.02. The third kappa shape index (κ3) is 5.90. The average molecular weight is 506 g/mol. The lowest BCUT2D eigenvalue weighted by atomic mass is 10.2. The Morgan fingerprint density at radius 3 is 2.50 bits per heavy atom. The smallest absolute Gasteiger partial charge is 0.326 e. The van der Waals surface area contributed by atoms with Crippen LogP contribution >= 0.6 is 11.3 Å². The summed E-state index contributed by atoms with van der Waals surface area (Å²) in [5.41, 5.74) is 1.20. The molecular weight excluding hydrogens is 482 g/mol. The van der Waals surface area contributed by atoms with E-state index in [0.717, 1.165) is 11.3 Å².